The number of amides is 3. The third-order valence-corrected chi connectivity index (χ3v) is 5.36. The molecule has 3 rings (SSSR count). The molecule has 2 atom stereocenters. The number of ether oxygens (including phenoxy) is 1. The summed E-state index contributed by atoms with van der Waals surface area (Å²) in [6, 6.07) is 17.1. The Balaban J connectivity index is 1.42. The van der Waals surface area contributed by atoms with Gasteiger partial charge in [-0.3, -0.25) is 9.69 Å². The molecule has 2 aromatic carbocycles. The number of carbonyl (C=O) groups is 2. The van der Waals surface area contributed by atoms with Crippen LogP contribution in [0.4, 0.5) is 10.5 Å². The van der Waals surface area contributed by atoms with Crippen LogP contribution in [0.5, 0.6) is 0 Å². The molecule has 7 nitrogen and oxygen atoms in total. The van der Waals surface area contributed by atoms with Crippen molar-refractivity contribution in [2.45, 2.75) is 39.0 Å². The van der Waals surface area contributed by atoms with Gasteiger partial charge in [0.1, 0.15) is 0 Å². The molecular formula is C24H32N4O3. The van der Waals surface area contributed by atoms with Gasteiger partial charge < -0.3 is 20.7 Å². The van der Waals surface area contributed by atoms with Crippen molar-refractivity contribution in [3.63, 3.8) is 0 Å². The quantitative estimate of drug-likeness (QED) is 0.608. The molecule has 0 radical (unpaired) electrons. The van der Waals surface area contributed by atoms with Crippen molar-refractivity contribution in [1.82, 2.24) is 15.5 Å². The molecular weight excluding hydrogens is 392 g/mol. The Hall–Kier alpha value is -2.90. The van der Waals surface area contributed by atoms with Crippen LogP contribution in [0.1, 0.15) is 36.2 Å². The minimum absolute atomic E-state index is 0.0464. The van der Waals surface area contributed by atoms with E-state index in [9.17, 15) is 9.59 Å². The Morgan fingerprint density at radius 2 is 1.87 bits per heavy atom. The summed E-state index contributed by atoms with van der Waals surface area (Å²) in [6.45, 7) is 7.62. The summed E-state index contributed by atoms with van der Waals surface area (Å²) >= 11 is 0. The third-order valence-electron chi connectivity index (χ3n) is 5.36. The van der Waals surface area contributed by atoms with Crippen LogP contribution in [0, 0.1) is 0 Å². The number of carbonyl (C=O) groups excluding carboxylic acids is 2. The van der Waals surface area contributed by atoms with Crippen LogP contribution in [0.3, 0.4) is 0 Å². The molecule has 0 aromatic heterocycles. The second-order valence-corrected chi connectivity index (χ2v) is 7.91. The SMILES string of the molecule is CCC(C)NC(=O)c1ccc(NC(=O)NCC2CN(Cc3ccccc3)CCO2)cc1. The van der Waals surface area contributed by atoms with Crippen molar-refractivity contribution < 1.29 is 14.3 Å². The fourth-order valence-electron chi connectivity index (χ4n) is 3.39. The second kappa shape index (κ2) is 11.5. The van der Waals surface area contributed by atoms with Crippen LogP contribution >= 0.6 is 0 Å². The highest BCUT2D eigenvalue weighted by molar-refractivity contribution is 5.95. The van der Waals surface area contributed by atoms with Gasteiger partial charge in [-0.2, -0.15) is 0 Å². The van der Waals surface area contributed by atoms with E-state index in [1.165, 1.54) is 5.56 Å². The molecule has 0 aliphatic carbocycles. The monoisotopic (exact) mass is 424 g/mol. The zero-order valence-electron chi connectivity index (χ0n) is 18.3. The first kappa shape index (κ1) is 22.8. The van der Waals surface area contributed by atoms with Crippen LogP contribution in [0.2, 0.25) is 0 Å². The predicted octanol–water partition coefficient (Wildman–Crippen LogP) is 3.24. The van der Waals surface area contributed by atoms with Crippen LogP contribution in [-0.2, 0) is 11.3 Å². The van der Waals surface area contributed by atoms with Crippen LogP contribution in [0.15, 0.2) is 54.6 Å². The van der Waals surface area contributed by atoms with Gasteiger partial charge in [-0.15, -0.1) is 0 Å². The summed E-state index contributed by atoms with van der Waals surface area (Å²) in [6.07, 6.45) is 0.829. The van der Waals surface area contributed by atoms with E-state index < -0.39 is 0 Å². The summed E-state index contributed by atoms with van der Waals surface area (Å²) < 4.78 is 5.80. The lowest BCUT2D eigenvalue weighted by Gasteiger charge is -2.33. The smallest absolute Gasteiger partial charge is 0.319 e. The summed E-state index contributed by atoms with van der Waals surface area (Å²) in [7, 11) is 0. The van der Waals surface area contributed by atoms with Gasteiger partial charge in [-0.05, 0) is 43.2 Å². The lowest BCUT2D eigenvalue weighted by atomic mass is 10.1. The molecule has 1 fully saturated rings. The zero-order valence-corrected chi connectivity index (χ0v) is 18.3. The maximum atomic E-state index is 12.3. The summed E-state index contributed by atoms with van der Waals surface area (Å²) in [5.74, 6) is -0.111. The molecule has 2 aromatic rings. The highest BCUT2D eigenvalue weighted by atomic mass is 16.5. The number of hydrogen-bond acceptors (Lipinski definition) is 4. The minimum Gasteiger partial charge on any atom is -0.374 e. The molecule has 1 heterocycles. The first-order chi connectivity index (χ1) is 15.0. The Morgan fingerprint density at radius 1 is 1.13 bits per heavy atom. The van der Waals surface area contributed by atoms with E-state index in [0.717, 1.165) is 26.1 Å². The molecule has 0 spiro atoms. The first-order valence-corrected chi connectivity index (χ1v) is 10.9. The Bertz CT molecular complexity index is 842. The van der Waals surface area contributed by atoms with E-state index in [4.69, 9.17) is 4.74 Å². The van der Waals surface area contributed by atoms with E-state index in [1.807, 2.05) is 32.0 Å². The average Bonchev–Trinajstić information content (AvgIpc) is 2.79. The molecule has 3 N–H and O–H groups in total. The fourth-order valence-corrected chi connectivity index (χ4v) is 3.39. The number of benzene rings is 2. The van der Waals surface area contributed by atoms with E-state index in [0.29, 0.717) is 24.4 Å². The number of anilines is 1. The van der Waals surface area contributed by atoms with Crippen LogP contribution < -0.4 is 16.0 Å². The van der Waals surface area contributed by atoms with Gasteiger partial charge in [0, 0.05) is 43.5 Å². The highest BCUT2D eigenvalue weighted by Gasteiger charge is 2.21. The van der Waals surface area contributed by atoms with Gasteiger partial charge in [-0.25, -0.2) is 4.79 Å². The van der Waals surface area contributed by atoms with Crippen molar-refractivity contribution in [2.75, 3.05) is 31.6 Å². The molecule has 3 amide bonds. The highest BCUT2D eigenvalue weighted by Crippen LogP contribution is 2.12. The zero-order chi connectivity index (χ0) is 22.1. The van der Waals surface area contributed by atoms with Crippen molar-refractivity contribution in [1.29, 1.82) is 0 Å². The largest absolute Gasteiger partial charge is 0.374 e. The summed E-state index contributed by atoms with van der Waals surface area (Å²) in [4.78, 5) is 26.7. The normalized spacial score (nSPS) is 17.5. The van der Waals surface area contributed by atoms with Crippen LogP contribution in [0.25, 0.3) is 0 Å². The van der Waals surface area contributed by atoms with E-state index in [2.05, 4.69) is 33.0 Å². The minimum atomic E-state index is -0.291. The van der Waals surface area contributed by atoms with Gasteiger partial charge in [-0.1, -0.05) is 37.3 Å². The van der Waals surface area contributed by atoms with Gasteiger partial charge >= 0.3 is 6.03 Å². The number of nitrogens with zero attached hydrogens (tertiary/aromatic N) is 1. The lowest BCUT2D eigenvalue weighted by Crippen LogP contribution is -2.47. The number of rotatable bonds is 8. The molecule has 0 bridgehead atoms. The van der Waals surface area contributed by atoms with Crippen molar-refractivity contribution in [3.8, 4) is 0 Å². The molecule has 2 unspecified atom stereocenters. The predicted molar refractivity (Wildman–Crippen MR) is 122 cm³/mol. The number of morpholine rings is 1. The van der Waals surface area contributed by atoms with E-state index in [1.54, 1.807) is 24.3 Å². The molecule has 166 valence electrons. The van der Waals surface area contributed by atoms with Crippen molar-refractivity contribution in [3.05, 3.63) is 65.7 Å². The Morgan fingerprint density at radius 3 is 2.58 bits per heavy atom. The van der Waals surface area contributed by atoms with Crippen molar-refractivity contribution in [2.24, 2.45) is 0 Å². The molecule has 1 aliphatic heterocycles. The van der Waals surface area contributed by atoms with Crippen molar-refractivity contribution >= 4 is 17.6 Å². The Labute approximate surface area is 184 Å². The van der Waals surface area contributed by atoms with Gasteiger partial charge in [0.05, 0.1) is 12.7 Å². The van der Waals surface area contributed by atoms with Crippen LogP contribution in [-0.4, -0.2) is 55.2 Å². The molecule has 7 heteroatoms. The number of hydrogen-bond donors (Lipinski definition) is 3. The van der Waals surface area contributed by atoms with E-state index >= 15 is 0 Å². The molecule has 1 saturated heterocycles. The van der Waals surface area contributed by atoms with Gasteiger partial charge in [0.25, 0.3) is 5.91 Å². The molecule has 1 aliphatic rings. The fraction of sp³-hybridized carbons (Fsp3) is 0.417. The summed E-state index contributed by atoms with van der Waals surface area (Å²) in [5, 5.41) is 8.60. The standard InChI is InChI=1S/C24H32N4O3/c1-3-18(2)26-23(29)20-9-11-21(12-10-20)27-24(30)25-15-22-17-28(13-14-31-22)16-19-7-5-4-6-8-19/h4-12,18,22H,3,13-17H2,1-2H3,(H,26,29)(H2,25,27,30). The number of urea groups is 1. The molecule has 31 heavy (non-hydrogen) atoms. The average molecular weight is 425 g/mol. The topological polar surface area (TPSA) is 82.7 Å². The van der Waals surface area contributed by atoms with Gasteiger partial charge in [0.2, 0.25) is 0 Å². The first-order valence-electron chi connectivity index (χ1n) is 10.9. The lowest BCUT2D eigenvalue weighted by molar-refractivity contribution is -0.0285. The van der Waals surface area contributed by atoms with Gasteiger partial charge in [0.15, 0.2) is 0 Å². The van der Waals surface area contributed by atoms with E-state index in [-0.39, 0.29) is 24.1 Å². The third kappa shape index (κ3) is 7.38. The second-order valence-electron chi connectivity index (χ2n) is 7.91. The summed E-state index contributed by atoms with van der Waals surface area (Å²) in [5.41, 5.74) is 2.48. The maximum Gasteiger partial charge on any atom is 0.319 e. The molecule has 0 saturated carbocycles. The number of nitrogens with one attached hydrogen (secondary N) is 3. The Kier molecular flexibility index (Phi) is 8.44. The maximum absolute atomic E-state index is 12.3.